The van der Waals surface area contributed by atoms with Crippen LogP contribution in [0.4, 0.5) is 5.82 Å². The largest absolute Gasteiger partial charge is 0.495 e. The average Bonchev–Trinajstić information content (AvgIpc) is 3.23. The third-order valence-corrected chi connectivity index (χ3v) is 6.21. The number of hydrogen-bond donors (Lipinski definition) is 3. The lowest BCUT2D eigenvalue weighted by atomic mass is 9.86. The van der Waals surface area contributed by atoms with Gasteiger partial charge in [0, 0.05) is 11.4 Å². The van der Waals surface area contributed by atoms with Crippen molar-refractivity contribution in [1.82, 2.24) is 24.5 Å². The first-order valence-corrected chi connectivity index (χ1v) is 10.4. The molecule has 1 saturated carbocycles. The highest BCUT2D eigenvalue weighted by molar-refractivity contribution is 5.91. The Kier molecular flexibility index (Phi) is 4.76. The van der Waals surface area contributed by atoms with E-state index in [0.29, 0.717) is 48.3 Å². The lowest BCUT2D eigenvalue weighted by Crippen LogP contribution is -2.32. The van der Waals surface area contributed by atoms with Gasteiger partial charge in [-0.25, -0.2) is 15.0 Å². The van der Waals surface area contributed by atoms with Crippen molar-refractivity contribution in [3.8, 4) is 17.1 Å². The van der Waals surface area contributed by atoms with Crippen molar-refractivity contribution in [3.05, 3.63) is 40.9 Å². The van der Waals surface area contributed by atoms with Crippen molar-refractivity contribution in [2.45, 2.75) is 31.7 Å². The molecule has 0 radical (unpaired) electrons. The summed E-state index contributed by atoms with van der Waals surface area (Å²) >= 11 is 0. The van der Waals surface area contributed by atoms with Crippen LogP contribution in [0.3, 0.4) is 0 Å². The van der Waals surface area contributed by atoms with Gasteiger partial charge in [-0.1, -0.05) is 12.1 Å². The zero-order chi connectivity index (χ0) is 22.4. The van der Waals surface area contributed by atoms with Crippen molar-refractivity contribution >= 4 is 33.9 Å². The number of carboxylic acids is 1. The molecule has 0 saturated heterocycles. The summed E-state index contributed by atoms with van der Waals surface area (Å²) in [5.41, 5.74) is 7.99. The van der Waals surface area contributed by atoms with E-state index >= 15 is 0 Å². The zero-order valence-electron chi connectivity index (χ0n) is 17.4. The minimum absolute atomic E-state index is 0.179. The molecular formula is C22H22N6O4. The number of rotatable bonds is 4. The SMILES string of the molecule is COc1cccc2cc(-c3nc4c(N)ncnc4n(C4CCC(C(=O)O)CC4)c3=O)[nH]c12. The number of benzene rings is 1. The van der Waals surface area contributed by atoms with E-state index in [9.17, 15) is 14.7 Å². The van der Waals surface area contributed by atoms with E-state index in [-0.39, 0.29) is 23.1 Å². The number of hydrogen-bond acceptors (Lipinski definition) is 7. The lowest BCUT2D eigenvalue weighted by Gasteiger charge is -2.28. The molecule has 1 aromatic carbocycles. The van der Waals surface area contributed by atoms with Crippen LogP contribution in [0.1, 0.15) is 31.7 Å². The van der Waals surface area contributed by atoms with Gasteiger partial charge >= 0.3 is 5.97 Å². The topological polar surface area (TPSA) is 149 Å². The minimum Gasteiger partial charge on any atom is -0.495 e. The van der Waals surface area contributed by atoms with Crippen molar-refractivity contribution in [1.29, 1.82) is 0 Å². The van der Waals surface area contributed by atoms with E-state index in [4.69, 9.17) is 10.5 Å². The third-order valence-electron chi connectivity index (χ3n) is 6.21. The Labute approximate surface area is 182 Å². The van der Waals surface area contributed by atoms with Crippen LogP contribution in [0.25, 0.3) is 33.5 Å². The monoisotopic (exact) mass is 434 g/mol. The maximum atomic E-state index is 13.7. The molecular weight excluding hydrogens is 412 g/mol. The molecule has 32 heavy (non-hydrogen) atoms. The standard InChI is InChI=1S/C22H22N6O4/c1-32-15-4-2-3-12-9-14(26-16(12)15)17-21(29)28(13-7-5-11(6-8-13)22(30)31)20-18(27-17)19(23)24-10-25-20/h2-4,9-11,13,26H,5-8H2,1H3,(H,30,31)(H2,23,24,25). The molecule has 0 unspecified atom stereocenters. The second-order valence-corrected chi connectivity index (χ2v) is 8.02. The maximum Gasteiger partial charge on any atom is 0.306 e. The molecule has 1 aliphatic rings. The first-order chi connectivity index (χ1) is 15.5. The Morgan fingerprint density at radius 2 is 2.03 bits per heavy atom. The number of nitrogens with one attached hydrogen (secondary N) is 1. The number of carboxylic acid groups (broad SMARTS) is 1. The van der Waals surface area contributed by atoms with Gasteiger partial charge in [0.25, 0.3) is 5.56 Å². The molecule has 10 heteroatoms. The van der Waals surface area contributed by atoms with Gasteiger partial charge in [-0.05, 0) is 37.8 Å². The van der Waals surface area contributed by atoms with E-state index in [1.165, 1.54) is 6.33 Å². The van der Waals surface area contributed by atoms with E-state index < -0.39 is 11.9 Å². The number of aromatic amines is 1. The Morgan fingerprint density at radius 1 is 1.25 bits per heavy atom. The number of nitrogen functional groups attached to an aromatic ring is 1. The van der Waals surface area contributed by atoms with Crippen LogP contribution in [0, 0.1) is 5.92 Å². The van der Waals surface area contributed by atoms with Crippen LogP contribution in [0.5, 0.6) is 5.75 Å². The van der Waals surface area contributed by atoms with E-state index in [2.05, 4.69) is 19.9 Å². The molecule has 1 fully saturated rings. The summed E-state index contributed by atoms with van der Waals surface area (Å²) in [6.07, 6.45) is 3.41. The number of H-pyrrole nitrogens is 1. The van der Waals surface area contributed by atoms with E-state index in [0.717, 1.165) is 10.9 Å². The quantitative estimate of drug-likeness (QED) is 0.444. The van der Waals surface area contributed by atoms with E-state index in [1.54, 1.807) is 11.7 Å². The molecule has 4 aromatic rings. The van der Waals surface area contributed by atoms with Gasteiger partial charge in [0.1, 0.15) is 17.6 Å². The fraction of sp³-hybridized carbons (Fsp3) is 0.318. The number of aliphatic carboxylic acids is 1. The first kappa shape index (κ1) is 20.0. The van der Waals surface area contributed by atoms with Crippen LogP contribution >= 0.6 is 0 Å². The molecule has 0 bridgehead atoms. The molecule has 10 nitrogen and oxygen atoms in total. The van der Waals surface area contributed by atoms with Gasteiger partial charge < -0.3 is 20.6 Å². The molecule has 3 aromatic heterocycles. The fourth-order valence-electron chi connectivity index (χ4n) is 4.56. The smallest absolute Gasteiger partial charge is 0.306 e. The van der Waals surface area contributed by atoms with Crippen LogP contribution < -0.4 is 16.0 Å². The summed E-state index contributed by atoms with van der Waals surface area (Å²) in [7, 11) is 1.59. The Morgan fingerprint density at radius 3 is 2.75 bits per heavy atom. The first-order valence-electron chi connectivity index (χ1n) is 10.4. The number of fused-ring (bicyclic) bond motifs is 2. The number of nitrogens with two attached hydrogens (primary N) is 1. The highest BCUT2D eigenvalue weighted by Crippen LogP contribution is 2.34. The molecule has 0 atom stereocenters. The van der Waals surface area contributed by atoms with Gasteiger partial charge in [-0.3, -0.25) is 14.2 Å². The number of methoxy groups -OCH3 is 1. The molecule has 3 heterocycles. The number of ether oxygens (including phenoxy) is 1. The second kappa shape index (κ2) is 7.63. The summed E-state index contributed by atoms with van der Waals surface area (Å²) in [6.45, 7) is 0. The van der Waals surface area contributed by atoms with Gasteiger partial charge in [0.15, 0.2) is 17.2 Å². The van der Waals surface area contributed by atoms with Crippen LogP contribution in [-0.4, -0.2) is 42.7 Å². The maximum absolute atomic E-state index is 13.7. The normalized spacial score (nSPS) is 18.8. The molecule has 0 spiro atoms. The number of anilines is 1. The van der Waals surface area contributed by atoms with Crippen LogP contribution in [0.15, 0.2) is 35.4 Å². The number of para-hydroxylation sites is 1. The molecule has 4 N–H and O–H groups in total. The van der Waals surface area contributed by atoms with Crippen molar-refractivity contribution in [2.75, 3.05) is 12.8 Å². The Hall–Kier alpha value is -3.95. The summed E-state index contributed by atoms with van der Waals surface area (Å²) in [6, 6.07) is 7.27. The summed E-state index contributed by atoms with van der Waals surface area (Å²) < 4.78 is 7.03. The van der Waals surface area contributed by atoms with Gasteiger partial charge in [-0.15, -0.1) is 0 Å². The lowest BCUT2D eigenvalue weighted by molar-refractivity contribution is -0.143. The zero-order valence-corrected chi connectivity index (χ0v) is 17.4. The molecule has 0 amide bonds. The summed E-state index contributed by atoms with van der Waals surface area (Å²) in [5, 5.41) is 10.2. The highest BCUT2D eigenvalue weighted by atomic mass is 16.5. The predicted octanol–water partition coefficient (Wildman–Crippen LogP) is 2.74. The van der Waals surface area contributed by atoms with Crippen molar-refractivity contribution < 1.29 is 14.6 Å². The highest BCUT2D eigenvalue weighted by Gasteiger charge is 2.30. The van der Waals surface area contributed by atoms with E-state index in [1.807, 2.05) is 24.3 Å². The van der Waals surface area contributed by atoms with Crippen molar-refractivity contribution in [2.24, 2.45) is 5.92 Å². The average molecular weight is 434 g/mol. The molecule has 0 aliphatic heterocycles. The molecule has 1 aliphatic carbocycles. The Balaban J connectivity index is 1.70. The minimum atomic E-state index is -0.797. The van der Waals surface area contributed by atoms with Gasteiger partial charge in [0.2, 0.25) is 0 Å². The van der Waals surface area contributed by atoms with Crippen molar-refractivity contribution in [3.63, 3.8) is 0 Å². The summed E-state index contributed by atoms with van der Waals surface area (Å²) in [5.74, 6) is -0.354. The van der Waals surface area contributed by atoms with Crippen LogP contribution in [0.2, 0.25) is 0 Å². The predicted molar refractivity (Wildman–Crippen MR) is 118 cm³/mol. The number of carbonyl (C=O) groups is 1. The number of nitrogens with zero attached hydrogens (tertiary/aromatic N) is 4. The fourth-order valence-corrected chi connectivity index (χ4v) is 4.56. The van der Waals surface area contributed by atoms with Gasteiger partial charge in [-0.2, -0.15) is 0 Å². The second-order valence-electron chi connectivity index (χ2n) is 8.02. The Bertz CT molecular complexity index is 1400. The van der Waals surface area contributed by atoms with Crippen LogP contribution in [-0.2, 0) is 4.79 Å². The molecule has 164 valence electrons. The number of aromatic nitrogens is 5. The molecule has 5 rings (SSSR count). The summed E-state index contributed by atoms with van der Waals surface area (Å²) in [4.78, 5) is 41.2. The third kappa shape index (κ3) is 3.15. The van der Waals surface area contributed by atoms with Gasteiger partial charge in [0.05, 0.1) is 24.2 Å².